The lowest BCUT2D eigenvalue weighted by molar-refractivity contribution is 0.440. The Hall–Kier alpha value is -1.26. The van der Waals surface area contributed by atoms with E-state index >= 15 is 0 Å². The van der Waals surface area contributed by atoms with E-state index in [2.05, 4.69) is 20.8 Å². The zero-order chi connectivity index (χ0) is 21.3. The monoisotopic (exact) mass is 462 g/mol. The first-order chi connectivity index (χ1) is 13.6. The van der Waals surface area contributed by atoms with Gasteiger partial charge in [-0.05, 0) is 58.0 Å². The van der Waals surface area contributed by atoms with E-state index in [1.165, 1.54) is 0 Å². The highest BCUT2D eigenvalue weighted by molar-refractivity contribution is 7.81. The van der Waals surface area contributed by atoms with E-state index in [1.54, 1.807) is 0 Å². The van der Waals surface area contributed by atoms with Gasteiger partial charge < -0.3 is 5.11 Å². The molecule has 3 aromatic rings. The molecule has 3 rings (SSSR count). The average molecular weight is 463 g/mol. The molecule has 0 aromatic heterocycles. The van der Waals surface area contributed by atoms with Crippen LogP contribution in [-0.2, 0) is 5.41 Å². The zero-order valence-corrected chi connectivity index (χ0v) is 19.8. The number of thiol groups is 2. The molecule has 0 bridgehead atoms. The molecule has 0 saturated heterocycles. The Balaban J connectivity index is 2.13. The molecule has 152 valence electrons. The average Bonchev–Trinajstić information content (AvgIpc) is 2.67. The quantitative estimate of drug-likeness (QED) is 0.335. The lowest BCUT2D eigenvalue weighted by atomic mass is 9.82. The molecule has 0 heterocycles. The molecule has 3 aromatic carbocycles. The maximum Gasteiger partial charge on any atom is 0.123 e. The highest BCUT2D eigenvalue weighted by Crippen LogP contribution is 2.44. The second-order valence-corrected chi connectivity index (χ2v) is 10.1. The van der Waals surface area contributed by atoms with Crippen molar-refractivity contribution in [2.24, 2.45) is 0 Å². The summed E-state index contributed by atoms with van der Waals surface area (Å²) in [4.78, 5) is 0. The number of phenolic OH excluding ortho intramolecular Hbond substituents is 1. The lowest BCUT2D eigenvalue weighted by Gasteiger charge is -2.26. The van der Waals surface area contributed by atoms with Crippen LogP contribution in [0, 0.1) is 0 Å². The van der Waals surface area contributed by atoms with Gasteiger partial charge in [0, 0.05) is 15.6 Å². The number of benzene rings is 3. The second-order valence-electron chi connectivity index (χ2n) is 8.16. The van der Waals surface area contributed by atoms with Crippen molar-refractivity contribution in [1.82, 2.24) is 0 Å². The normalized spacial score (nSPS) is 13.9. The zero-order valence-electron chi connectivity index (χ0n) is 16.5. The third kappa shape index (κ3) is 5.08. The van der Waals surface area contributed by atoms with Crippen molar-refractivity contribution in [2.75, 3.05) is 0 Å². The first-order valence-electron chi connectivity index (χ1n) is 9.32. The third-order valence-electron chi connectivity index (χ3n) is 4.95. The van der Waals surface area contributed by atoms with E-state index in [4.69, 9.17) is 48.5 Å². The summed E-state index contributed by atoms with van der Waals surface area (Å²) >= 11 is 21.8. The largest absolute Gasteiger partial charge is 0.507 e. The number of hydrogen-bond donors (Lipinski definition) is 3. The van der Waals surface area contributed by atoms with Gasteiger partial charge in [0.15, 0.2) is 0 Å². The second kappa shape index (κ2) is 8.85. The smallest absolute Gasteiger partial charge is 0.123 e. The molecule has 0 spiro atoms. The van der Waals surface area contributed by atoms with Crippen molar-refractivity contribution in [3.63, 3.8) is 0 Å². The van der Waals surface area contributed by atoms with Gasteiger partial charge in [-0.3, -0.25) is 0 Å². The predicted molar refractivity (Wildman–Crippen MR) is 131 cm³/mol. The number of hydrogen-bond acceptors (Lipinski definition) is 3. The van der Waals surface area contributed by atoms with Crippen LogP contribution in [0.25, 0.3) is 0 Å². The molecule has 0 aliphatic rings. The van der Waals surface area contributed by atoms with Crippen LogP contribution in [0.4, 0.5) is 0 Å². The van der Waals surface area contributed by atoms with Crippen molar-refractivity contribution in [3.05, 3.63) is 98.5 Å². The molecular formula is C24H24Cl2OS2. The van der Waals surface area contributed by atoms with Crippen LogP contribution in [0.5, 0.6) is 5.75 Å². The fourth-order valence-corrected chi connectivity index (χ4v) is 4.22. The topological polar surface area (TPSA) is 20.2 Å². The molecular weight excluding hydrogens is 439 g/mol. The van der Waals surface area contributed by atoms with Gasteiger partial charge in [-0.2, -0.15) is 25.3 Å². The van der Waals surface area contributed by atoms with Gasteiger partial charge in [0.2, 0.25) is 0 Å². The van der Waals surface area contributed by atoms with Gasteiger partial charge >= 0.3 is 0 Å². The summed E-state index contributed by atoms with van der Waals surface area (Å²) in [6.07, 6.45) is 0. The van der Waals surface area contributed by atoms with Crippen LogP contribution in [0.2, 0.25) is 10.0 Å². The van der Waals surface area contributed by atoms with Crippen molar-refractivity contribution in [2.45, 2.75) is 36.7 Å². The molecule has 1 N–H and O–H groups in total. The van der Waals surface area contributed by atoms with Gasteiger partial charge in [0.25, 0.3) is 0 Å². The SMILES string of the molecule is CC(C)(C)c1cc(C(S)c2ccc(Cl)cc2)cc(C(S)c2ccc(Cl)cc2)c1O. The van der Waals surface area contributed by atoms with E-state index in [9.17, 15) is 5.11 Å². The highest BCUT2D eigenvalue weighted by atomic mass is 35.5. The van der Waals surface area contributed by atoms with E-state index in [0.717, 1.165) is 27.8 Å². The molecule has 0 radical (unpaired) electrons. The van der Waals surface area contributed by atoms with Gasteiger partial charge in [0.05, 0.1) is 10.5 Å². The molecule has 1 nitrogen and oxygen atoms in total. The van der Waals surface area contributed by atoms with E-state index in [-0.39, 0.29) is 21.7 Å². The number of rotatable bonds is 4. The van der Waals surface area contributed by atoms with Gasteiger partial charge in [-0.1, -0.05) is 74.3 Å². The molecule has 5 heteroatoms. The Kier molecular flexibility index (Phi) is 6.84. The van der Waals surface area contributed by atoms with Gasteiger partial charge in [-0.15, -0.1) is 0 Å². The van der Waals surface area contributed by atoms with Crippen LogP contribution in [0.1, 0.15) is 59.1 Å². The molecule has 0 saturated carbocycles. The van der Waals surface area contributed by atoms with E-state index in [1.807, 2.05) is 60.7 Å². The molecule has 0 aliphatic heterocycles. The fraction of sp³-hybridized carbons (Fsp3) is 0.250. The van der Waals surface area contributed by atoms with Crippen LogP contribution in [0.3, 0.4) is 0 Å². The van der Waals surface area contributed by atoms with Gasteiger partial charge in [0.1, 0.15) is 5.75 Å². The molecule has 29 heavy (non-hydrogen) atoms. The summed E-state index contributed by atoms with van der Waals surface area (Å²) in [5, 5.41) is 12.0. The Morgan fingerprint density at radius 1 is 0.724 bits per heavy atom. The summed E-state index contributed by atoms with van der Waals surface area (Å²) in [6.45, 7) is 6.25. The maximum atomic E-state index is 11.1. The third-order valence-corrected chi connectivity index (χ3v) is 6.63. The van der Waals surface area contributed by atoms with Crippen molar-refractivity contribution in [1.29, 1.82) is 0 Å². The Bertz CT molecular complexity index is 993. The minimum absolute atomic E-state index is 0.154. The highest BCUT2D eigenvalue weighted by Gasteiger charge is 2.26. The molecule has 0 amide bonds. The summed E-state index contributed by atoms with van der Waals surface area (Å²) < 4.78 is 0. The van der Waals surface area contributed by atoms with Crippen LogP contribution in [-0.4, -0.2) is 5.11 Å². The molecule has 2 unspecified atom stereocenters. The number of aromatic hydroxyl groups is 1. The fourth-order valence-electron chi connectivity index (χ4n) is 3.28. The Morgan fingerprint density at radius 3 is 1.62 bits per heavy atom. The van der Waals surface area contributed by atoms with Crippen LogP contribution < -0.4 is 0 Å². The first kappa shape index (κ1) is 22.4. The van der Waals surface area contributed by atoms with Crippen molar-refractivity contribution >= 4 is 48.5 Å². The molecule has 0 aliphatic carbocycles. The number of phenols is 1. The van der Waals surface area contributed by atoms with Crippen LogP contribution >= 0.6 is 48.5 Å². The summed E-state index contributed by atoms with van der Waals surface area (Å²) in [6, 6.07) is 19.2. The summed E-state index contributed by atoms with van der Waals surface area (Å²) in [5.74, 6) is 0.271. The van der Waals surface area contributed by atoms with Crippen LogP contribution in [0.15, 0.2) is 60.7 Å². The Labute approximate surface area is 193 Å². The maximum absolute atomic E-state index is 11.1. The van der Waals surface area contributed by atoms with Crippen molar-refractivity contribution < 1.29 is 5.11 Å². The lowest BCUT2D eigenvalue weighted by Crippen LogP contribution is -2.14. The minimum atomic E-state index is -0.293. The van der Waals surface area contributed by atoms with Crippen molar-refractivity contribution in [3.8, 4) is 5.75 Å². The van der Waals surface area contributed by atoms with Gasteiger partial charge in [-0.25, -0.2) is 0 Å². The number of halogens is 2. The van der Waals surface area contributed by atoms with E-state index in [0.29, 0.717) is 10.0 Å². The predicted octanol–water partition coefficient (Wildman–Crippen LogP) is 8.03. The minimum Gasteiger partial charge on any atom is -0.507 e. The summed E-state index contributed by atoms with van der Waals surface area (Å²) in [5.41, 5.74) is 4.39. The standard InChI is InChI=1S/C24H24Cl2OS2/c1-24(2,3)20-13-16(22(28)14-4-8-17(25)9-5-14)12-19(21(20)27)23(29)15-6-10-18(26)11-7-15/h4-13,22-23,27-29H,1-3H3. The first-order valence-corrected chi connectivity index (χ1v) is 11.1. The summed E-state index contributed by atoms with van der Waals surface area (Å²) in [7, 11) is 0. The van der Waals surface area contributed by atoms with E-state index < -0.39 is 0 Å². The molecule has 2 atom stereocenters. The Morgan fingerprint density at radius 2 is 1.17 bits per heavy atom. The molecule has 0 fully saturated rings.